The summed E-state index contributed by atoms with van der Waals surface area (Å²) in [7, 11) is 0. The third-order valence-electron chi connectivity index (χ3n) is 11.0. The summed E-state index contributed by atoms with van der Waals surface area (Å²) in [5.74, 6) is 0. The summed E-state index contributed by atoms with van der Waals surface area (Å²) in [5, 5.41) is 7.71. The maximum absolute atomic E-state index is 2.43. The Labute approximate surface area is 323 Å². The third-order valence-corrected chi connectivity index (χ3v) is 12.2. The molecule has 258 valence electrons. The van der Waals surface area contributed by atoms with Crippen molar-refractivity contribution < 1.29 is 0 Å². The SMILES string of the molecule is c1ccc(-c2cccc(N(c3ccc(-c4ccc5sc6c7ccccc7ccc6c5c4)cc3)c3cccc4c5ccccc5n(-c5ccccc5)c34)c2)cc1. The molecule has 2 nitrogen and oxygen atoms in total. The Kier molecular flexibility index (Phi) is 7.39. The van der Waals surface area contributed by atoms with Crippen molar-refractivity contribution in [2.75, 3.05) is 4.90 Å². The number of anilines is 3. The second-order valence-electron chi connectivity index (χ2n) is 14.1. The Balaban J connectivity index is 1.10. The third kappa shape index (κ3) is 5.24. The number of fused-ring (bicyclic) bond motifs is 8. The van der Waals surface area contributed by atoms with Gasteiger partial charge in [0.2, 0.25) is 0 Å². The average molecular weight is 719 g/mol. The van der Waals surface area contributed by atoms with Crippen LogP contribution in [0, 0.1) is 0 Å². The summed E-state index contributed by atoms with van der Waals surface area (Å²) in [6.07, 6.45) is 0. The molecule has 0 atom stereocenters. The van der Waals surface area contributed by atoms with E-state index in [9.17, 15) is 0 Å². The van der Waals surface area contributed by atoms with Gasteiger partial charge in [0.1, 0.15) is 0 Å². The van der Waals surface area contributed by atoms with Crippen LogP contribution in [-0.2, 0) is 0 Å². The van der Waals surface area contributed by atoms with Gasteiger partial charge in [-0.1, -0.05) is 146 Å². The molecule has 11 rings (SSSR count). The van der Waals surface area contributed by atoms with Crippen molar-refractivity contribution in [1.29, 1.82) is 0 Å². The lowest BCUT2D eigenvalue weighted by molar-refractivity contribution is 1.17. The van der Waals surface area contributed by atoms with Crippen LogP contribution in [0.25, 0.3) is 80.7 Å². The number of nitrogens with zero attached hydrogens (tertiary/aromatic N) is 2. The standard InChI is InChI=1S/C52H34N2S/c1-3-13-35(14-4-1)38-16-11-19-42(33-38)53(49-24-12-22-45-44-21-9-10-23-48(44)54(51(45)49)40-17-5-2-6-18-40)41-29-25-36(26-30-41)39-28-32-50-47(34-39)46-31-27-37-15-7-8-20-43(37)52(46)55-50/h1-34H. The first kappa shape index (κ1) is 31.6. The minimum atomic E-state index is 1.10. The zero-order valence-corrected chi connectivity index (χ0v) is 30.7. The molecule has 0 aliphatic rings. The molecule has 0 aliphatic heterocycles. The van der Waals surface area contributed by atoms with Gasteiger partial charge in [-0.2, -0.15) is 0 Å². The van der Waals surface area contributed by atoms with E-state index in [1.807, 2.05) is 11.3 Å². The van der Waals surface area contributed by atoms with E-state index >= 15 is 0 Å². The molecule has 11 aromatic rings. The Bertz CT molecular complexity index is 3190. The van der Waals surface area contributed by atoms with Gasteiger partial charge in [-0.05, 0) is 93.7 Å². The number of hydrogen-bond acceptors (Lipinski definition) is 2. The normalized spacial score (nSPS) is 11.6. The minimum Gasteiger partial charge on any atom is -0.308 e. The highest BCUT2D eigenvalue weighted by Crippen LogP contribution is 2.45. The summed E-state index contributed by atoms with van der Waals surface area (Å²) >= 11 is 1.89. The predicted molar refractivity (Wildman–Crippen MR) is 237 cm³/mol. The first-order valence-electron chi connectivity index (χ1n) is 18.8. The average Bonchev–Trinajstić information content (AvgIpc) is 3.81. The van der Waals surface area contributed by atoms with Gasteiger partial charge < -0.3 is 9.47 Å². The van der Waals surface area contributed by atoms with Gasteiger partial charge in [0.25, 0.3) is 0 Å². The monoisotopic (exact) mass is 718 g/mol. The first-order chi connectivity index (χ1) is 27.3. The fourth-order valence-corrected chi connectivity index (χ4v) is 9.61. The number of hydrogen-bond donors (Lipinski definition) is 0. The van der Waals surface area contributed by atoms with Crippen LogP contribution in [0.2, 0.25) is 0 Å². The van der Waals surface area contributed by atoms with Crippen molar-refractivity contribution in [2.45, 2.75) is 0 Å². The van der Waals surface area contributed by atoms with E-state index in [1.165, 1.54) is 75.0 Å². The van der Waals surface area contributed by atoms with Crippen molar-refractivity contribution >= 4 is 81.1 Å². The molecule has 0 spiro atoms. The number of para-hydroxylation sites is 3. The Morgan fingerprint density at radius 2 is 1.04 bits per heavy atom. The molecule has 0 N–H and O–H groups in total. The molecule has 0 saturated carbocycles. The molecule has 0 radical (unpaired) electrons. The molecule has 55 heavy (non-hydrogen) atoms. The fourth-order valence-electron chi connectivity index (χ4n) is 8.40. The van der Waals surface area contributed by atoms with Gasteiger partial charge in [-0.3, -0.25) is 0 Å². The molecular formula is C52H34N2S. The van der Waals surface area contributed by atoms with Gasteiger partial charge in [-0.25, -0.2) is 0 Å². The van der Waals surface area contributed by atoms with Crippen LogP contribution < -0.4 is 4.90 Å². The van der Waals surface area contributed by atoms with Gasteiger partial charge in [0, 0.05) is 48.0 Å². The molecule has 3 heteroatoms. The van der Waals surface area contributed by atoms with E-state index in [0.29, 0.717) is 0 Å². The summed E-state index contributed by atoms with van der Waals surface area (Å²) in [6, 6.07) is 75.1. The number of aromatic nitrogens is 1. The van der Waals surface area contributed by atoms with Crippen molar-refractivity contribution in [3.63, 3.8) is 0 Å². The van der Waals surface area contributed by atoms with E-state index < -0.39 is 0 Å². The molecule has 2 heterocycles. The fraction of sp³-hybridized carbons (Fsp3) is 0. The summed E-state index contributed by atoms with van der Waals surface area (Å²) in [4.78, 5) is 2.43. The minimum absolute atomic E-state index is 1.10. The van der Waals surface area contributed by atoms with Crippen molar-refractivity contribution in [3.8, 4) is 27.9 Å². The summed E-state index contributed by atoms with van der Waals surface area (Å²) in [5.41, 5.74) is 11.6. The maximum Gasteiger partial charge on any atom is 0.0782 e. The van der Waals surface area contributed by atoms with E-state index in [1.54, 1.807) is 0 Å². The topological polar surface area (TPSA) is 8.17 Å². The number of rotatable bonds is 6. The molecule has 0 unspecified atom stereocenters. The molecule has 2 aromatic heterocycles. The number of benzene rings is 9. The highest BCUT2D eigenvalue weighted by molar-refractivity contribution is 7.26. The van der Waals surface area contributed by atoms with Crippen LogP contribution in [0.1, 0.15) is 0 Å². The molecule has 0 bridgehead atoms. The van der Waals surface area contributed by atoms with Gasteiger partial charge in [-0.15, -0.1) is 11.3 Å². The van der Waals surface area contributed by atoms with Gasteiger partial charge in [0.05, 0.1) is 16.7 Å². The van der Waals surface area contributed by atoms with E-state index in [2.05, 4.69) is 216 Å². The van der Waals surface area contributed by atoms with Crippen LogP contribution in [0.5, 0.6) is 0 Å². The largest absolute Gasteiger partial charge is 0.308 e. The molecule has 0 aliphatic carbocycles. The van der Waals surface area contributed by atoms with Crippen LogP contribution in [0.3, 0.4) is 0 Å². The second kappa shape index (κ2) is 12.9. The van der Waals surface area contributed by atoms with E-state index in [-0.39, 0.29) is 0 Å². The summed E-state index contributed by atoms with van der Waals surface area (Å²) < 4.78 is 5.10. The Hall–Kier alpha value is -6.94. The zero-order chi connectivity index (χ0) is 36.3. The van der Waals surface area contributed by atoms with Crippen molar-refractivity contribution in [3.05, 3.63) is 206 Å². The maximum atomic E-state index is 2.43. The first-order valence-corrected chi connectivity index (χ1v) is 19.6. The Morgan fingerprint density at radius 3 is 1.89 bits per heavy atom. The Morgan fingerprint density at radius 1 is 0.382 bits per heavy atom. The molecule has 0 amide bonds. The van der Waals surface area contributed by atoms with Crippen LogP contribution in [0.4, 0.5) is 17.1 Å². The van der Waals surface area contributed by atoms with Crippen LogP contribution in [-0.4, -0.2) is 4.57 Å². The highest BCUT2D eigenvalue weighted by Gasteiger charge is 2.22. The van der Waals surface area contributed by atoms with Gasteiger partial charge in [0.15, 0.2) is 0 Å². The van der Waals surface area contributed by atoms with Crippen molar-refractivity contribution in [2.24, 2.45) is 0 Å². The second-order valence-corrected chi connectivity index (χ2v) is 15.2. The molecule has 0 fully saturated rings. The predicted octanol–water partition coefficient (Wildman–Crippen LogP) is 15.1. The summed E-state index contributed by atoms with van der Waals surface area (Å²) in [6.45, 7) is 0. The van der Waals surface area contributed by atoms with Crippen LogP contribution in [0.15, 0.2) is 206 Å². The smallest absolute Gasteiger partial charge is 0.0782 e. The quantitative estimate of drug-likeness (QED) is 0.166. The highest BCUT2D eigenvalue weighted by atomic mass is 32.1. The number of thiophene rings is 1. The zero-order valence-electron chi connectivity index (χ0n) is 29.9. The van der Waals surface area contributed by atoms with Gasteiger partial charge >= 0.3 is 0 Å². The van der Waals surface area contributed by atoms with Crippen LogP contribution >= 0.6 is 11.3 Å². The van der Waals surface area contributed by atoms with Crippen molar-refractivity contribution in [1.82, 2.24) is 4.57 Å². The lowest BCUT2D eigenvalue weighted by atomic mass is 10.0. The van der Waals surface area contributed by atoms with E-state index in [0.717, 1.165) is 22.7 Å². The van der Waals surface area contributed by atoms with E-state index in [4.69, 9.17) is 0 Å². The molecule has 0 saturated heterocycles. The molecule has 9 aromatic carbocycles. The lowest BCUT2D eigenvalue weighted by Gasteiger charge is -2.28. The molecular weight excluding hydrogens is 685 g/mol. The lowest BCUT2D eigenvalue weighted by Crippen LogP contribution is -2.11.